The zero-order chi connectivity index (χ0) is 14.7. The summed E-state index contributed by atoms with van der Waals surface area (Å²) >= 11 is 0. The maximum Gasteiger partial charge on any atom is 0.250 e. The van der Waals surface area contributed by atoms with Crippen LogP contribution in [0.25, 0.3) is 11.4 Å². The molecule has 0 unspecified atom stereocenters. The van der Waals surface area contributed by atoms with Gasteiger partial charge in [0, 0.05) is 18.6 Å². The van der Waals surface area contributed by atoms with Crippen LogP contribution in [-0.2, 0) is 0 Å². The standard InChI is InChI=1S/C14H12N6O/c15-14(21)9-4-5-12(17-7-9)19-11-8-18-20-13(11)10-3-1-2-6-16-10/h1-8H,(H2,15,21)(H,17,19)(H,18,20). The third-order valence-corrected chi connectivity index (χ3v) is 2.86. The topological polar surface area (TPSA) is 110 Å². The van der Waals surface area contributed by atoms with Gasteiger partial charge in [-0.15, -0.1) is 0 Å². The first-order valence-corrected chi connectivity index (χ1v) is 6.22. The van der Waals surface area contributed by atoms with Gasteiger partial charge in [0.25, 0.3) is 0 Å². The van der Waals surface area contributed by atoms with Gasteiger partial charge in [-0.1, -0.05) is 6.07 Å². The van der Waals surface area contributed by atoms with Gasteiger partial charge in [-0.05, 0) is 24.3 Å². The molecule has 3 aromatic rings. The molecule has 1 amide bonds. The molecule has 0 bridgehead atoms. The molecule has 0 aliphatic heterocycles. The minimum Gasteiger partial charge on any atom is -0.366 e. The van der Waals surface area contributed by atoms with Crippen molar-refractivity contribution >= 4 is 17.4 Å². The number of pyridine rings is 2. The number of nitrogens with one attached hydrogen (secondary N) is 2. The van der Waals surface area contributed by atoms with Crippen LogP contribution >= 0.6 is 0 Å². The summed E-state index contributed by atoms with van der Waals surface area (Å²) in [6.45, 7) is 0. The average Bonchev–Trinajstić information content (AvgIpc) is 2.97. The van der Waals surface area contributed by atoms with Gasteiger partial charge < -0.3 is 11.1 Å². The number of hydrogen-bond donors (Lipinski definition) is 3. The molecule has 0 saturated carbocycles. The van der Waals surface area contributed by atoms with E-state index in [1.807, 2.05) is 18.2 Å². The van der Waals surface area contributed by atoms with E-state index in [9.17, 15) is 4.79 Å². The molecular weight excluding hydrogens is 268 g/mol. The summed E-state index contributed by atoms with van der Waals surface area (Å²) in [7, 11) is 0. The summed E-state index contributed by atoms with van der Waals surface area (Å²) in [4.78, 5) is 19.4. The molecule has 3 rings (SSSR count). The van der Waals surface area contributed by atoms with Crippen LogP contribution < -0.4 is 11.1 Å². The maximum atomic E-state index is 11.0. The highest BCUT2D eigenvalue weighted by Crippen LogP contribution is 2.25. The second kappa shape index (κ2) is 5.41. The fourth-order valence-electron chi connectivity index (χ4n) is 1.83. The molecule has 21 heavy (non-hydrogen) atoms. The van der Waals surface area contributed by atoms with E-state index >= 15 is 0 Å². The summed E-state index contributed by atoms with van der Waals surface area (Å²) in [6.07, 6.45) is 4.84. The highest BCUT2D eigenvalue weighted by atomic mass is 16.1. The first kappa shape index (κ1) is 12.8. The molecule has 0 aromatic carbocycles. The first-order chi connectivity index (χ1) is 10.2. The van der Waals surface area contributed by atoms with E-state index in [1.165, 1.54) is 6.20 Å². The van der Waals surface area contributed by atoms with Crippen molar-refractivity contribution in [1.82, 2.24) is 20.2 Å². The fraction of sp³-hybridized carbons (Fsp3) is 0. The van der Waals surface area contributed by atoms with Gasteiger partial charge in [0.15, 0.2) is 0 Å². The Labute approximate surface area is 120 Å². The van der Waals surface area contributed by atoms with Crippen molar-refractivity contribution in [3.63, 3.8) is 0 Å². The number of rotatable bonds is 4. The Bertz CT molecular complexity index is 751. The van der Waals surface area contributed by atoms with Gasteiger partial charge in [-0.25, -0.2) is 4.98 Å². The Morgan fingerprint density at radius 2 is 2.10 bits per heavy atom. The predicted molar refractivity (Wildman–Crippen MR) is 77.9 cm³/mol. The van der Waals surface area contributed by atoms with E-state index in [4.69, 9.17) is 5.73 Å². The highest BCUT2D eigenvalue weighted by molar-refractivity contribution is 5.92. The number of hydrogen-bond acceptors (Lipinski definition) is 5. The van der Waals surface area contributed by atoms with Crippen LogP contribution in [0.5, 0.6) is 0 Å². The van der Waals surface area contributed by atoms with Crippen LogP contribution in [0.4, 0.5) is 11.5 Å². The van der Waals surface area contributed by atoms with Crippen molar-refractivity contribution in [1.29, 1.82) is 0 Å². The summed E-state index contributed by atoms with van der Waals surface area (Å²) in [6, 6.07) is 8.88. The van der Waals surface area contributed by atoms with Gasteiger partial charge in [0.1, 0.15) is 11.5 Å². The molecule has 0 spiro atoms. The second-order valence-electron chi connectivity index (χ2n) is 4.28. The number of primary amides is 1. The maximum absolute atomic E-state index is 11.0. The Hall–Kier alpha value is -3.22. The number of amides is 1. The van der Waals surface area contributed by atoms with Crippen LogP contribution in [0.15, 0.2) is 48.9 Å². The lowest BCUT2D eigenvalue weighted by molar-refractivity contribution is 0.1000. The lowest BCUT2D eigenvalue weighted by Gasteiger charge is -2.05. The normalized spacial score (nSPS) is 10.3. The van der Waals surface area contributed by atoms with Gasteiger partial charge in [-0.2, -0.15) is 5.10 Å². The summed E-state index contributed by atoms with van der Waals surface area (Å²) in [5.74, 6) is 0.0742. The largest absolute Gasteiger partial charge is 0.366 e. The number of aromatic nitrogens is 4. The molecule has 3 aromatic heterocycles. The Morgan fingerprint density at radius 3 is 2.76 bits per heavy atom. The fourth-order valence-corrected chi connectivity index (χ4v) is 1.83. The molecule has 0 aliphatic carbocycles. The summed E-state index contributed by atoms with van der Waals surface area (Å²) in [5, 5.41) is 10.1. The third kappa shape index (κ3) is 2.71. The molecule has 7 nitrogen and oxygen atoms in total. The van der Waals surface area contributed by atoms with Crippen molar-refractivity contribution in [2.45, 2.75) is 0 Å². The van der Waals surface area contributed by atoms with Gasteiger partial charge in [0.05, 0.1) is 16.9 Å². The first-order valence-electron chi connectivity index (χ1n) is 6.22. The molecule has 0 radical (unpaired) electrons. The smallest absolute Gasteiger partial charge is 0.250 e. The van der Waals surface area contributed by atoms with Crippen molar-refractivity contribution in [3.05, 3.63) is 54.5 Å². The molecule has 0 saturated heterocycles. The molecule has 4 N–H and O–H groups in total. The van der Waals surface area contributed by atoms with Crippen LogP contribution in [0.3, 0.4) is 0 Å². The molecule has 104 valence electrons. The molecule has 0 atom stereocenters. The van der Waals surface area contributed by atoms with E-state index in [2.05, 4.69) is 25.5 Å². The number of carbonyl (C=O) groups excluding carboxylic acids is 1. The summed E-state index contributed by atoms with van der Waals surface area (Å²) < 4.78 is 0. The second-order valence-corrected chi connectivity index (χ2v) is 4.28. The zero-order valence-corrected chi connectivity index (χ0v) is 10.9. The SMILES string of the molecule is NC(=O)c1ccc(Nc2c[nH]nc2-c2ccccn2)nc1. The van der Waals surface area contributed by atoms with Crippen LogP contribution in [0.2, 0.25) is 0 Å². The molecular formula is C14H12N6O. The number of anilines is 2. The monoisotopic (exact) mass is 280 g/mol. The third-order valence-electron chi connectivity index (χ3n) is 2.86. The van der Waals surface area contributed by atoms with Crippen LogP contribution in [0, 0.1) is 0 Å². The van der Waals surface area contributed by atoms with Gasteiger partial charge >= 0.3 is 0 Å². The number of nitrogens with zero attached hydrogens (tertiary/aromatic N) is 3. The minimum atomic E-state index is -0.508. The van der Waals surface area contributed by atoms with E-state index in [1.54, 1.807) is 24.5 Å². The van der Waals surface area contributed by atoms with E-state index < -0.39 is 5.91 Å². The highest BCUT2D eigenvalue weighted by Gasteiger charge is 2.10. The number of aromatic amines is 1. The van der Waals surface area contributed by atoms with Crippen molar-refractivity contribution < 1.29 is 4.79 Å². The van der Waals surface area contributed by atoms with Crippen molar-refractivity contribution in [3.8, 4) is 11.4 Å². The van der Waals surface area contributed by atoms with Crippen molar-refractivity contribution in [2.75, 3.05) is 5.32 Å². The van der Waals surface area contributed by atoms with E-state index in [0.29, 0.717) is 17.1 Å². The quantitative estimate of drug-likeness (QED) is 0.674. The average molecular weight is 280 g/mol. The minimum absolute atomic E-state index is 0.359. The predicted octanol–water partition coefficient (Wildman–Crippen LogP) is 1.71. The van der Waals surface area contributed by atoms with E-state index in [-0.39, 0.29) is 0 Å². The van der Waals surface area contributed by atoms with E-state index in [0.717, 1.165) is 11.4 Å². The van der Waals surface area contributed by atoms with Gasteiger partial charge in [-0.3, -0.25) is 14.9 Å². The Balaban J connectivity index is 1.86. The Morgan fingerprint density at radius 1 is 1.19 bits per heavy atom. The molecule has 0 aliphatic rings. The molecule has 3 heterocycles. The summed E-state index contributed by atoms with van der Waals surface area (Å²) in [5.41, 5.74) is 7.72. The number of nitrogens with two attached hydrogens (primary N) is 1. The van der Waals surface area contributed by atoms with Crippen LogP contribution in [-0.4, -0.2) is 26.1 Å². The molecule has 0 fully saturated rings. The number of carbonyl (C=O) groups is 1. The number of H-pyrrole nitrogens is 1. The Kier molecular flexibility index (Phi) is 3.30. The van der Waals surface area contributed by atoms with Gasteiger partial charge in [0.2, 0.25) is 5.91 Å². The lowest BCUT2D eigenvalue weighted by atomic mass is 10.2. The lowest BCUT2D eigenvalue weighted by Crippen LogP contribution is -2.11. The zero-order valence-electron chi connectivity index (χ0n) is 10.9. The van der Waals surface area contributed by atoms with Crippen molar-refractivity contribution in [2.24, 2.45) is 5.73 Å². The molecule has 7 heteroatoms. The van der Waals surface area contributed by atoms with Crippen LogP contribution in [0.1, 0.15) is 10.4 Å².